The highest BCUT2D eigenvalue weighted by molar-refractivity contribution is 5.80. The van der Waals surface area contributed by atoms with Crippen LogP contribution in [0.25, 0.3) is 0 Å². The molecule has 0 N–H and O–H groups in total. The van der Waals surface area contributed by atoms with Crippen molar-refractivity contribution in [2.24, 2.45) is 0 Å². The summed E-state index contributed by atoms with van der Waals surface area (Å²) in [6, 6.07) is 16.2. The molecule has 0 amide bonds. The van der Waals surface area contributed by atoms with Gasteiger partial charge in [0.05, 0.1) is 6.61 Å². The quantitative estimate of drug-likeness (QED) is 0.602. The third-order valence-electron chi connectivity index (χ3n) is 4.57. The van der Waals surface area contributed by atoms with Crippen LogP contribution in [-0.4, -0.2) is 18.2 Å². The molecule has 1 atom stereocenters. The maximum Gasteiger partial charge on any atom is 0.350 e. The maximum atomic E-state index is 12.6. The summed E-state index contributed by atoms with van der Waals surface area (Å²) in [5.41, 5.74) is 2.50. The van der Waals surface area contributed by atoms with E-state index in [1.54, 1.807) is 6.92 Å². The van der Waals surface area contributed by atoms with Crippen LogP contribution in [-0.2, 0) is 22.4 Å². The van der Waals surface area contributed by atoms with Gasteiger partial charge < -0.3 is 9.47 Å². The minimum Gasteiger partial charge on any atom is -0.476 e. The highest BCUT2D eigenvalue weighted by Crippen LogP contribution is 2.26. The standard InChI is InChI=1S/C23H30O3/c1-6-18-8-10-19(11-9-18)16-23(5,22(24)25-7-2)26-21-14-12-20(13-15-21)17(3)4/h8-15,17H,6-7,16H2,1-5H3. The van der Waals surface area contributed by atoms with E-state index in [0.717, 1.165) is 12.0 Å². The molecule has 0 heterocycles. The first kappa shape index (κ1) is 20.0. The smallest absolute Gasteiger partial charge is 0.350 e. The molecule has 26 heavy (non-hydrogen) atoms. The van der Waals surface area contributed by atoms with Crippen LogP contribution in [0.5, 0.6) is 5.75 Å². The molecule has 0 spiro atoms. The minimum atomic E-state index is -1.07. The SMILES string of the molecule is CCOC(=O)C(C)(Cc1ccc(CC)cc1)Oc1ccc(C(C)C)cc1. The zero-order valence-electron chi connectivity index (χ0n) is 16.5. The van der Waals surface area contributed by atoms with E-state index >= 15 is 0 Å². The maximum absolute atomic E-state index is 12.6. The molecule has 0 aromatic heterocycles. The molecule has 0 aliphatic heterocycles. The topological polar surface area (TPSA) is 35.5 Å². The average molecular weight is 354 g/mol. The Bertz CT molecular complexity index is 701. The second-order valence-electron chi connectivity index (χ2n) is 7.12. The van der Waals surface area contributed by atoms with Gasteiger partial charge in [-0.15, -0.1) is 0 Å². The van der Waals surface area contributed by atoms with Crippen LogP contribution in [0.2, 0.25) is 0 Å². The van der Waals surface area contributed by atoms with Gasteiger partial charge in [0, 0.05) is 6.42 Å². The first-order chi connectivity index (χ1) is 12.4. The molecule has 0 aliphatic rings. The number of aryl methyl sites for hydroxylation is 1. The van der Waals surface area contributed by atoms with Gasteiger partial charge in [-0.1, -0.05) is 57.2 Å². The Morgan fingerprint density at radius 3 is 2.04 bits per heavy atom. The fraction of sp³-hybridized carbons (Fsp3) is 0.435. The average Bonchev–Trinajstić information content (AvgIpc) is 2.63. The van der Waals surface area contributed by atoms with Crippen LogP contribution < -0.4 is 4.74 Å². The number of hydrogen-bond acceptors (Lipinski definition) is 3. The molecular formula is C23H30O3. The number of carbonyl (C=O) groups excluding carboxylic acids is 1. The summed E-state index contributed by atoms with van der Waals surface area (Å²) < 4.78 is 11.4. The number of hydrogen-bond donors (Lipinski definition) is 0. The lowest BCUT2D eigenvalue weighted by molar-refractivity contribution is -0.160. The van der Waals surface area contributed by atoms with Crippen LogP contribution in [0.1, 0.15) is 57.2 Å². The van der Waals surface area contributed by atoms with Crippen molar-refractivity contribution >= 4 is 5.97 Å². The van der Waals surface area contributed by atoms with Gasteiger partial charge >= 0.3 is 5.97 Å². The Kier molecular flexibility index (Phi) is 6.84. The third kappa shape index (κ3) is 5.10. The van der Waals surface area contributed by atoms with Gasteiger partial charge in [0.1, 0.15) is 5.75 Å². The molecule has 140 valence electrons. The van der Waals surface area contributed by atoms with Gasteiger partial charge in [0.25, 0.3) is 0 Å². The summed E-state index contributed by atoms with van der Waals surface area (Å²) in [5.74, 6) is 0.792. The molecule has 0 radical (unpaired) electrons. The lowest BCUT2D eigenvalue weighted by atomic mass is 9.95. The summed E-state index contributed by atoms with van der Waals surface area (Å²) in [6.07, 6.45) is 1.45. The van der Waals surface area contributed by atoms with E-state index in [-0.39, 0.29) is 5.97 Å². The van der Waals surface area contributed by atoms with E-state index in [2.05, 4.69) is 45.0 Å². The monoisotopic (exact) mass is 354 g/mol. The van der Waals surface area contributed by atoms with Gasteiger partial charge in [-0.25, -0.2) is 4.79 Å². The summed E-state index contributed by atoms with van der Waals surface area (Å²) in [4.78, 5) is 12.6. The van der Waals surface area contributed by atoms with Gasteiger partial charge in [-0.05, 0) is 55.0 Å². The number of rotatable bonds is 8. The van der Waals surface area contributed by atoms with Gasteiger partial charge in [0.15, 0.2) is 0 Å². The molecule has 3 heteroatoms. The van der Waals surface area contributed by atoms with Crippen molar-refractivity contribution in [3.05, 3.63) is 65.2 Å². The van der Waals surface area contributed by atoms with E-state index in [0.29, 0.717) is 24.7 Å². The third-order valence-corrected chi connectivity index (χ3v) is 4.57. The molecule has 0 aliphatic carbocycles. The van der Waals surface area contributed by atoms with Crippen LogP contribution >= 0.6 is 0 Å². The largest absolute Gasteiger partial charge is 0.476 e. The summed E-state index contributed by atoms with van der Waals surface area (Å²) in [5, 5.41) is 0. The highest BCUT2D eigenvalue weighted by Gasteiger charge is 2.37. The molecular weight excluding hydrogens is 324 g/mol. The van der Waals surface area contributed by atoms with Crippen molar-refractivity contribution in [1.29, 1.82) is 0 Å². The van der Waals surface area contributed by atoms with Crippen molar-refractivity contribution in [3.63, 3.8) is 0 Å². The summed E-state index contributed by atoms with van der Waals surface area (Å²) in [7, 11) is 0. The number of ether oxygens (including phenoxy) is 2. The lowest BCUT2D eigenvalue weighted by Crippen LogP contribution is -2.45. The molecule has 0 saturated heterocycles. The van der Waals surface area contributed by atoms with Gasteiger partial charge in [0.2, 0.25) is 5.60 Å². The number of esters is 1. The van der Waals surface area contributed by atoms with Gasteiger partial charge in [-0.2, -0.15) is 0 Å². The minimum absolute atomic E-state index is 0.332. The van der Waals surface area contributed by atoms with Crippen LogP contribution in [0.4, 0.5) is 0 Å². The predicted molar refractivity (Wildman–Crippen MR) is 106 cm³/mol. The first-order valence-electron chi connectivity index (χ1n) is 9.42. The zero-order valence-corrected chi connectivity index (χ0v) is 16.5. The van der Waals surface area contributed by atoms with Gasteiger partial charge in [-0.3, -0.25) is 0 Å². The molecule has 1 unspecified atom stereocenters. The summed E-state index contributed by atoms with van der Waals surface area (Å²) in [6.45, 7) is 10.4. The predicted octanol–water partition coefficient (Wildman–Crippen LogP) is 5.32. The van der Waals surface area contributed by atoms with Crippen molar-refractivity contribution in [1.82, 2.24) is 0 Å². The fourth-order valence-electron chi connectivity index (χ4n) is 2.90. The highest BCUT2D eigenvalue weighted by atomic mass is 16.6. The second-order valence-corrected chi connectivity index (χ2v) is 7.12. The van der Waals surface area contributed by atoms with Crippen LogP contribution in [0.15, 0.2) is 48.5 Å². The van der Waals surface area contributed by atoms with Crippen molar-refractivity contribution in [2.75, 3.05) is 6.61 Å². The molecule has 2 rings (SSSR count). The van der Waals surface area contributed by atoms with Crippen molar-refractivity contribution in [3.8, 4) is 5.75 Å². The Morgan fingerprint density at radius 2 is 1.54 bits per heavy atom. The van der Waals surface area contributed by atoms with E-state index in [1.165, 1.54) is 11.1 Å². The van der Waals surface area contributed by atoms with E-state index in [9.17, 15) is 4.79 Å². The molecule has 2 aromatic carbocycles. The fourth-order valence-corrected chi connectivity index (χ4v) is 2.90. The Morgan fingerprint density at radius 1 is 0.962 bits per heavy atom. The number of benzene rings is 2. The Balaban J connectivity index is 2.24. The summed E-state index contributed by atoms with van der Waals surface area (Å²) >= 11 is 0. The Hall–Kier alpha value is -2.29. The van der Waals surface area contributed by atoms with Crippen LogP contribution in [0, 0.1) is 0 Å². The lowest BCUT2D eigenvalue weighted by Gasteiger charge is -2.29. The van der Waals surface area contributed by atoms with Crippen molar-refractivity contribution < 1.29 is 14.3 Å². The number of carbonyl (C=O) groups is 1. The molecule has 0 saturated carbocycles. The second kappa shape index (κ2) is 8.88. The Labute approximate surface area is 157 Å². The van der Waals surface area contributed by atoms with E-state index in [4.69, 9.17) is 9.47 Å². The van der Waals surface area contributed by atoms with E-state index < -0.39 is 5.60 Å². The zero-order chi connectivity index (χ0) is 19.2. The molecule has 0 bridgehead atoms. The van der Waals surface area contributed by atoms with E-state index in [1.807, 2.05) is 31.2 Å². The normalized spacial score (nSPS) is 13.3. The van der Waals surface area contributed by atoms with Crippen molar-refractivity contribution in [2.45, 2.75) is 59.0 Å². The molecule has 0 fully saturated rings. The first-order valence-corrected chi connectivity index (χ1v) is 9.42. The van der Waals surface area contributed by atoms with Crippen LogP contribution in [0.3, 0.4) is 0 Å². The molecule has 3 nitrogen and oxygen atoms in total. The molecule has 2 aromatic rings.